The lowest BCUT2D eigenvalue weighted by atomic mass is 9.42. The van der Waals surface area contributed by atoms with Crippen LogP contribution in [-0.2, 0) is 41.5 Å². The van der Waals surface area contributed by atoms with Gasteiger partial charge in [0.1, 0.15) is 11.5 Å². The molecule has 0 unspecified atom stereocenters. The fraction of sp³-hybridized carbons (Fsp3) is 0.613. The van der Waals surface area contributed by atoms with E-state index in [9.17, 15) is 24.9 Å². The number of carbonyl (C=O) groups is 4. The first-order chi connectivity index (χ1) is 47.4. The maximum atomic E-state index is 16.1. The van der Waals surface area contributed by atoms with Gasteiger partial charge in [-0.3, -0.25) is 19.8 Å². The number of aliphatic hydroxyl groups is 3. The number of imidazole rings is 1. The van der Waals surface area contributed by atoms with Gasteiger partial charge in [-0.05, 0) is 226 Å². The second-order valence-corrected chi connectivity index (χ2v) is 34.5. The summed E-state index contributed by atoms with van der Waals surface area (Å²) < 4.78 is 14.0. The van der Waals surface area contributed by atoms with Crippen molar-refractivity contribution >= 4 is 45.3 Å². The first-order valence-electron chi connectivity index (χ1n) is 37.4. The van der Waals surface area contributed by atoms with Crippen LogP contribution in [0.2, 0.25) is 0 Å². The van der Waals surface area contributed by atoms with E-state index in [-0.39, 0.29) is 113 Å². The smallest absolute Gasteiger partial charge is 0.340 e. The highest BCUT2D eigenvalue weighted by Gasteiger charge is 2.70. The van der Waals surface area contributed by atoms with Gasteiger partial charge in [-0.2, -0.15) is 0 Å². The molecule has 11 aliphatic carbocycles. The molecule has 1 aromatic heterocycles. The standard InChI is InChI=1S/C80H96N6O9S2/c1-2-79(27-6-7-28-79)60-20-17-53-37-58-55-25-29-80(72(58)71-69(53)75(60)95-77(71)92)63-22-19-56(68-52-16-14-47-13-15-50(62(88)35-44-9-4-3-5-10-44)33-46(41-87)31-45(32-52)34-57(47)68)76(85-61-21-18-48-11-8-12-51(67(48)74(61)91)36-54-39-81-42-83-54)97-96-43-84-64-38-49(26-30-82-64)59(70(55)73(80)78(93)94-63)40-86-65(89)23-24-66(86)90/h3-5,9-10,14,16,22-24,26,38-39,42,45-48,50-53,55-59,61-62,67-68,72,74,76,82,84-85,87-88,91H,2,6-8,11-12,17-21,25,27-37,40-41,43H2,1H3,(H,81,83)/b63-22-/t45-,46+,47+,48-,50+,51+,52+,53-,55-,56+,57+,58-,59+,61+,62+,67-,68-,72+,74+,76-,80-/m0/s1. The summed E-state index contributed by atoms with van der Waals surface area (Å²) in [5.41, 5.74) is 6.80. The first-order valence-corrected chi connectivity index (χ1v) is 39.8. The Morgan fingerprint density at radius 2 is 1.71 bits per heavy atom. The number of dihydropyridines is 1. The molecule has 0 radical (unpaired) electrons. The lowest BCUT2D eigenvalue weighted by Gasteiger charge is -2.58. The number of aromatic amines is 1. The summed E-state index contributed by atoms with van der Waals surface area (Å²) in [7, 11) is 3.61. The van der Waals surface area contributed by atoms with Crippen molar-refractivity contribution in [1.29, 1.82) is 0 Å². The van der Waals surface area contributed by atoms with Crippen LogP contribution >= 0.6 is 21.6 Å². The van der Waals surface area contributed by atoms with Gasteiger partial charge < -0.3 is 40.4 Å². The number of nitrogens with one attached hydrogen (secondary N) is 4. The zero-order chi connectivity index (χ0) is 65.8. The van der Waals surface area contributed by atoms with Gasteiger partial charge in [-0.1, -0.05) is 115 Å². The van der Waals surface area contributed by atoms with E-state index >= 15 is 9.59 Å². The van der Waals surface area contributed by atoms with E-state index in [0.29, 0.717) is 67.2 Å². The molecule has 7 N–H and O–H groups in total. The van der Waals surface area contributed by atoms with Gasteiger partial charge in [0.25, 0.3) is 11.8 Å². The molecular weight excluding hydrogens is 1250 g/mol. The van der Waals surface area contributed by atoms with Crippen LogP contribution in [0.4, 0.5) is 0 Å². The number of hydrogen-bond acceptors (Lipinski definition) is 15. The Balaban J connectivity index is 0.827. The molecule has 5 saturated carbocycles. The van der Waals surface area contributed by atoms with Gasteiger partial charge in [0.05, 0.1) is 46.6 Å². The molecule has 2 aromatic rings. The van der Waals surface area contributed by atoms with E-state index in [1.54, 1.807) is 17.1 Å². The van der Waals surface area contributed by atoms with Gasteiger partial charge in [0, 0.05) is 84.6 Å². The minimum absolute atomic E-state index is 0.00196. The molecule has 5 aliphatic heterocycles. The van der Waals surface area contributed by atoms with Crippen LogP contribution in [0.1, 0.15) is 147 Å². The summed E-state index contributed by atoms with van der Waals surface area (Å²) in [6, 6.07) is 9.97. The monoisotopic (exact) mass is 1350 g/mol. The Labute approximate surface area is 579 Å². The molecular formula is C80H96N6O9S2. The number of nitrogens with zero attached hydrogens (tertiary/aromatic N) is 2. The first kappa shape index (κ1) is 64.5. The fourth-order valence-electron chi connectivity index (χ4n) is 23.5. The largest absolute Gasteiger partial charge is 0.427 e. The number of aliphatic hydroxyl groups excluding tert-OH is 3. The number of imide groups is 1. The zero-order valence-corrected chi connectivity index (χ0v) is 57.6. The molecule has 17 heteroatoms. The van der Waals surface area contributed by atoms with Gasteiger partial charge in [0.15, 0.2) is 0 Å². The highest BCUT2D eigenvalue weighted by Crippen LogP contribution is 2.74. The Hall–Kier alpha value is -5.87. The normalized spacial score (nSPS) is 40.1. The number of amides is 2. The van der Waals surface area contributed by atoms with Crippen LogP contribution in [0.25, 0.3) is 0 Å². The molecule has 6 heterocycles. The van der Waals surface area contributed by atoms with E-state index in [4.69, 9.17) is 9.47 Å². The SMILES string of the molecule is CCC1(C2=C3OC(=O)C4=C3[C@@H](CC2)C[C@H]2[C@@H]3CC[C@@]5(C6=C3[C@H](CN3C(=O)C=CC3=O)C3=CCNC(=C3)NCSS[C@H](N[C@@H]3CC[C@@H]7CCC[C@H](Cc8cnc[nH]8)[C@H]7[C@@H]3O)[C@@H]([C@H]3[C@@H]7C[C@H]8C[C@@H](CO)C[C@H]([C@H](O)Cc9ccccc9)C#C[C@@H]7C=C[C@@H]3C8)C/C=C/5OC6=O)[C@@H]42)CCCC1. The fourth-order valence-corrected chi connectivity index (χ4v) is 26.0. The number of aromatic nitrogens is 2. The molecule has 21 atom stereocenters. The van der Waals surface area contributed by atoms with Crippen LogP contribution in [0.15, 0.2) is 136 Å². The average molecular weight is 1350 g/mol. The van der Waals surface area contributed by atoms with Crippen molar-refractivity contribution in [3.05, 3.63) is 147 Å². The lowest BCUT2D eigenvalue weighted by molar-refractivity contribution is -0.138. The van der Waals surface area contributed by atoms with Crippen molar-refractivity contribution in [2.24, 2.45) is 106 Å². The molecule has 1 spiro atoms. The Morgan fingerprint density at radius 1 is 0.856 bits per heavy atom. The summed E-state index contributed by atoms with van der Waals surface area (Å²) in [5, 5.41) is 48.2. The molecule has 512 valence electrons. The minimum atomic E-state index is -1.05. The number of benzene rings is 1. The second kappa shape index (κ2) is 26.3. The van der Waals surface area contributed by atoms with Gasteiger partial charge >= 0.3 is 11.9 Å². The van der Waals surface area contributed by atoms with Gasteiger partial charge in [-0.15, -0.1) is 0 Å². The summed E-state index contributed by atoms with van der Waals surface area (Å²) >= 11 is 0. The zero-order valence-electron chi connectivity index (χ0n) is 56.0. The predicted octanol–water partition coefficient (Wildman–Crippen LogP) is 11.6. The minimum Gasteiger partial charge on any atom is -0.427 e. The molecule has 18 rings (SSSR count). The van der Waals surface area contributed by atoms with Crippen molar-refractivity contribution in [1.82, 2.24) is 30.8 Å². The highest BCUT2D eigenvalue weighted by atomic mass is 33.1. The summed E-state index contributed by atoms with van der Waals surface area (Å²) in [6.45, 7) is 2.91. The molecule has 10 bridgehead atoms. The van der Waals surface area contributed by atoms with Crippen molar-refractivity contribution in [3.63, 3.8) is 0 Å². The van der Waals surface area contributed by atoms with Gasteiger partial charge in [0.2, 0.25) is 0 Å². The van der Waals surface area contributed by atoms with Crippen molar-refractivity contribution in [3.8, 4) is 11.8 Å². The van der Waals surface area contributed by atoms with Crippen molar-refractivity contribution in [2.45, 2.75) is 172 Å². The third-order valence-corrected chi connectivity index (χ3v) is 30.1. The summed E-state index contributed by atoms with van der Waals surface area (Å²) in [4.78, 5) is 68.7. The van der Waals surface area contributed by atoms with E-state index < -0.39 is 35.4 Å². The number of esters is 2. The number of ether oxygens (including phenoxy) is 2. The van der Waals surface area contributed by atoms with Crippen molar-refractivity contribution in [2.75, 3.05) is 25.6 Å². The van der Waals surface area contributed by atoms with Crippen LogP contribution in [0.3, 0.4) is 0 Å². The Bertz CT molecular complexity index is 3780. The number of rotatable bonds is 13. The van der Waals surface area contributed by atoms with Crippen LogP contribution in [0, 0.1) is 117 Å². The Morgan fingerprint density at radius 3 is 2.53 bits per heavy atom. The molecule has 6 fully saturated rings. The summed E-state index contributed by atoms with van der Waals surface area (Å²) in [5.74, 6) is 9.06. The number of hydrogen-bond donors (Lipinski definition) is 7. The van der Waals surface area contributed by atoms with E-state index in [1.165, 1.54) is 35.5 Å². The average Bonchev–Trinajstić information content (AvgIpc) is 1.53. The third kappa shape index (κ3) is 11.2. The van der Waals surface area contributed by atoms with Gasteiger partial charge in [-0.25, -0.2) is 14.6 Å². The quantitative estimate of drug-likeness (QED) is 0.0327. The Kier molecular flexibility index (Phi) is 17.5. The number of fused-ring (bicyclic) bond motifs is 5. The second-order valence-electron chi connectivity index (χ2n) is 32.0. The van der Waals surface area contributed by atoms with E-state index in [1.807, 2.05) is 35.2 Å². The molecule has 1 saturated heterocycles. The van der Waals surface area contributed by atoms with E-state index in [2.05, 4.69) is 87.2 Å². The number of carbonyl (C=O) groups excluding carboxylic acids is 4. The molecule has 97 heavy (non-hydrogen) atoms. The number of allylic oxidation sites excluding steroid dienone is 7. The third-order valence-electron chi connectivity index (χ3n) is 27.6. The topological polar surface area (TPSA) is 215 Å². The maximum Gasteiger partial charge on any atom is 0.340 e. The lowest BCUT2D eigenvalue weighted by Crippen LogP contribution is -2.57. The van der Waals surface area contributed by atoms with E-state index in [0.717, 1.165) is 148 Å². The molecule has 2 amide bonds. The van der Waals surface area contributed by atoms with Crippen LogP contribution < -0.4 is 16.0 Å². The maximum absolute atomic E-state index is 16.1. The molecule has 16 aliphatic rings. The summed E-state index contributed by atoms with van der Waals surface area (Å²) in [6.07, 6.45) is 36.6. The molecule has 15 nitrogen and oxygen atoms in total. The highest BCUT2D eigenvalue weighted by molar-refractivity contribution is 8.76. The number of H-pyrrole nitrogens is 1. The van der Waals surface area contributed by atoms with Crippen LogP contribution in [-0.4, -0.2) is 103 Å². The van der Waals surface area contributed by atoms with Crippen LogP contribution in [0.5, 0.6) is 0 Å². The predicted molar refractivity (Wildman–Crippen MR) is 372 cm³/mol. The molecule has 1 aromatic carbocycles. The van der Waals surface area contributed by atoms with Crippen molar-refractivity contribution < 1.29 is 44.0 Å².